The molecule has 0 spiro atoms. The topological polar surface area (TPSA) is 59.5 Å². The lowest BCUT2D eigenvalue weighted by Crippen LogP contribution is -2.33. The summed E-state index contributed by atoms with van der Waals surface area (Å²) in [5.41, 5.74) is 0.922. The molecule has 26 heavy (non-hydrogen) atoms. The summed E-state index contributed by atoms with van der Waals surface area (Å²) in [6.07, 6.45) is 3.00. The molecule has 1 atom stereocenters. The number of amides is 1. The molecule has 0 bridgehead atoms. The molecule has 2 aromatic heterocycles. The van der Waals surface area contributed by atoms with Crippen LogP contribution >= 0.6 is 22.7 Å². The van der Waals surface area contributed by atoms with Crippen molar-refractivity contribution in [1.82, 2.24) is 9.88 Å². The number of hydrogen-bond acceptors (Lipinski definition) is 6. The minimum Gasteiger partial charge on any atom is -0.452 e. The summed E-state index contributed by atoms with van der Waals surface area (Å²) in [6.45, 7) is 1.62. The van der Waals surface area contributed by atoms with Gasteiger partial charge in [0.1, 0.15) is 5.01 Å². The number of aromatic nitrogens is 1. The van der Waals surface area contributed by atoms with Crippen molar-refractivity contribution in [1.29, 1.82) is 0 Å². The van der Waals surface area contributed by atoms with Gasteiger partial charge in [-0.25, -0.2) is 9.78 Å². The van der Waals surface area contributed by atoms with Crippen molar-refractivity contribution in [3.05, 3.63) is 57.7 Å². The smallest absolute Gasteiger partial charge is 0.331 e. The summed E-state index contributed by atoms with van der Waals surface area (Å²) in [5.74, 6) is -0.803. The van der Waals surface area contributed by atoms with Gasteiger partial charge in [-0.1, -0.05) is 18.2 Å². The third kappa shape index (κ3) is 4.36. The van der Waals surface area contributed by atoms with Crippen LogP contribution in [-0.4, -0.2) is 35.4 Å². The summed E-state index contributed by atoms with van der Waals surface area (Å²) in [4.78, 5) is 31.1. The SMILES string of the molecule is C[C@@H](c1nc2ccccc2s1)N(C)C(=O)COC(=O)/C=C/c1cccs1. The van der Waals surface area contributed by atoms with E-state index in [-0.39, 0.29) is 18.6 Å². The molecule has 0 aliphatic carbocycles. The Bertz CT molecular complexity index is 898. The molecule has 134 valence electrons. The number of benzene rings is 1. The maximum absolute atomic E-state index is 12.3. The lowest BCUT2D eigenvalue weighted by molar-refractivity contribution is -0.148. The maximum atomic E-state index is 12.3. The molecule has 5 nitrogen and oxygen atoms in total. The van der Waals surface area contributed by atoms with Gasteiger partial charge in [-0.2, -0.15) is 0 Å². The van der Waals surface area contributed by atoms with Crippen molar-refractivity contribution in [3.8, 4) is 0 Å². The molecule has 3 rings (SSSR count). The van der Waals surface area contributed by atoms with Crippen LogP contribution < -0.4 is 0 Å². The van der Waals surface area contributed by atoms with Gasteiger partial charge in [-0.05, 0) is 36.6 Å². The van der Waals surface area contributed by atoms with Gasteiger partial charge in [0.05, 0.1) is 16.3 Å². The van der Waals surface area contributed by atoms with E-state index in [2.05, 4.69) is 4.98 Å². The molecular formula is C19H18N2O3S2. The largest absolute Gasteiger partial charge is 0.452 e. The fourth-order valence-electron chi connectivity index (χ4n) is 2.27. The molecule has 2 heterocycles. The molecule has 0 aliphatic heterocycles. The number of hydrogen-bond donors (Lipinski definition) is 0. The fourth-order valence-corrected chi connectivity index (χ4v) is 3.95. The number of fused-ring (bicyclic) bond motifs is 1. The summed E-state index contributed by atoms with van der Waals surface area (Å²) < 4.78 is 6.12. The van der Waals surface area contributed by atoms with Gasteiger partial charge in [0.25, 0.3) is 5.91 Å². The quantitative estimate of drug-likeness (QED) is 0.472. The van der Waals surface area contributed by atoms with Gasteiger partial charge in [0, 0.05) is 18.0 Å². The molecular weight excluding hydrogens is 368 g/mol. The van der Waals surface area contributed by atoms with Gasteiger partial charge in [0.15, 0.2) is 6.61 Å². The second kappa shape index (κ2) is 8.25. The van der Waals surface area contributed by atoms with E-state index in [1.807, 2.05) is 48.7 Å². The number of esters is 1. The molecule has 0 saturated heterocycles. The molecule has 0 aliphatic rings. The van der Waals surface area contributed by atoms with Crippen molar-refractivity contribution < 1.29 is 14.3 Å². The van der Waals surface area contributed by atoms with E-state index in [4.69, 9.17) is 4.74 Å². The molecule has 0 saturated carbocycles. The van der Waals surface area contributed by atoms with Crippen molar-refractivity contribution in [3.63, 3.8) is 0 Å². The summed E-state index contributed by atoms with van der Waals surface area (Å²) in [7, 11) is 1.69. The summed E-state index contributed by atoms with van der Waals surface area (Å²) in [5, 5.41) is 2.78. The van der Waals surface area contributed by atoms with Gasteiger partial charge >= 0.3 is 5.97 Å². The van der Waals surface area contributed by atoms with Crippen LogP contribution in [-0.2, 0) is 14.3 Å². The van der Waals surface area contributed by atoms with Crippen molar-refractivity contribution in [2.24, 2.45) is 0 Å². The lowest BCUT2D eigenvalue weighted by atomic mass is 10.3. The van der Waals surface area contributed by atoms with Crippen LogP contribution in [0.25, 0.3) is 16.3 Å². The fraction of sp³-hybridized carbons (Fsp3) is 0.211. The van der Waals surface area contributed by atoms with Crippen molar-refractivity contribution in [2.75, 3.05) is 13.7 Å². The molecule has 0 N–H and O–H groups in total. The third-order valence-corrected chi connectivity index (χ3v) is 5.95. The second-order valence-electron chi connectivity index (χ2n) is 5.66. The number of rotatable bonds is 6. The Labute approximate surface area is 159 Å². The van der Waals surface area contributed by atoms with Crippen LogP contribution in [0, 0.1) is 0 Å². The number of carbonyl (C=O) groups excluding carboxylic acids is 2. The zero-order chi connectivity index (χ0) is 18.5. The number of para-hydroxylation sites is 1. The predicted octanol–water partition coefficient (Wildman–Crippen LogP) is 4.13. The molecule has 7 heteroatoms. The normalized spacial score (nSPS) is 12.4. The minimum atomic E-state index is -0.534. The Kier molecular flexibility index (Phi) is 5.80. The zero-order valence-corrected chi connectivity index (χ0v) is 16.0. The molecule has 1 aromatic carbocycles. The van der Waals surface area contributed by atoms with Gasteiger partial charge in [0.2, 0.25) is 0 Å². The Morgan fingerprint density at radius 2 is 2.08 bits per heavy atom. The van der Waals surface area contributed by atoms with Gasteiger partial charge < -0.3 is 9.64 Å². The number of likely N-dealkylation sites (N-methyl/N-ethyl adjacent to an activating group) is 1. The number of thiophene rings is 1. The highest BCUT2D eigenvalue weighted by Gasteiger charge is 2.21. The number of thiazole rings is 1. The Morgan fingerprint density at radius 3 is 2.81 bits per heavy atom. The number of ether oxygens (including phenoxy) is 1. The standard InChI is InChI=1S/C19H18N2O3S2/c1-13(19-20-15-7-3-4-8-16(15)26-19)21(2)17(22)12-24-18(23)10-9-14-6-5-11-25-14/h3-11,13H,12H2,1-2H3/b10-9+/t13-/m0/s1. The maximum Gasteiger partial charge on any atom is 0.331 e. The average Bonchev–Trinajstić information content (AvgIpc) is 3.32. The van der Waals surface area contributed by atoms with E-state index in [0.717, 1.165) is 20.1 Å². The van der Waals surface area contributed by atoms with E-state index in [0.29, 0.717) is 0 Å². The summed E-state index contributed by atoms with van der Waals surface area (Å²) >= 11 is 3.08. The van der Waals surface area contributed by atoms with E-state index in [9.17, 15) is 9.59 Å². The van der Waals surface area contributed by atoms with Crippen LogP contribution in [0.15, 0.2) is 47.9 Å². The first-order valence-corrected chi connectivity index (χ1v) is 9.73. The minimum absolute atomic E-state index is 0.194. The van der Waals surface area contributed by atoms with Gasteiger partial charge in [-0.3, -0.25) is 4.79 Å². The number of nitrogens with zero attached hydrogens (tertiary/aromatic N) is 2. The highest BCUT2D eigenvalue weighted by molar-refractivity contribution is 7.18. The van der Waals surface area contributed by atoms with Crippen molar-refractivity contribution in [2.45, 2.75) is 13.0 Å². The monoisotopic (exact) mass is 386 g/mol. The number of carbonyl (C=O) groups is 2. The second-order valence-corrected chi connectivity index (χ2v) is 7.70. The van der Waals surface area contributed by atoms with Crippen molar-refractivity contribution >= 4 is 50.8 Å². The highest BCUT2D eigenvalue weighted by atomic mass is 32.1. The van der Waals surface area contributed by atoms with Crippen LogP contribution in [0.2, 0.25) is 0 Å². The first-order chi connectivity index (χ1) is 12.5. The predicted molar refractivity (Wildman–Crippen MR) is 105 cm³/mol. The first kappa shape index (κ1) is 18.3. The Hall–Kier alpha value is -2.51. The van der Waals surface area contributed by atoms with Crippen LogP contribution in [0.5, 0.6) is 0 Å². The van der Waals surface area contributed by atoms with Crippen LogP contribution in [0.1, 0.15) is 22.9 Å². The molecule has 0 radical (unpaired) electrons. The first-order valence-electron chi connectivity index (χ1n) is 8.04. The van der Waals surface area contributed by atoms with E-state index in [1.54, 1.807) is 29.4 Å². The average molecular weight is 386 g/mol. The molecule has 1 amide bonds. The van der Waals surface area contributed by atoms with E-state index < -0.39 is 5.97 Å². The summed E-state index contributed by atoms with van der Waals surface area (Å²) in [6, 6.07) is 11.5. The molecule has 0 fully saturated rings. The third-order valence-electron chi connectivity index (χ3n) is 3.91. The van der Waals surface area contributed by atoms with E-state index in [1.165, 1.54) is 17.4 Å². The highest BCUT2D eigenvalue weighted by Crippen LogP contribution is 2.28. The zero-order valence-electron chi connectivity index (χ0n) is 14.4. The molecule has 0 unspecified atom stereocenters. The lowest BCUT2D eigenvalue weighted by Gasteiger charge is -2.22. The Morgan fingerprint density at radius 1 is 1.27 bits per heavy atom. The van der Waals surface area contributed by atoms with E-state index >= 15 is 0 Å². The van der Waals surface area contributed by atoms with Crippen LogP contribution in [0.3, 0.4) is 0 Å². The molecule has 3 aromatic rings. The van der Waals surface area contributed by atoms with Crippen LogP contribution in [0.4, 0.5) is 0 Å². The van der Waals surface area contributed by atoms with Gasteiger partial charge in [-0.15, -0.1) is 22.7 Å². The Balaban J connectivity index is 1.55.